The Morgan fingerprint density at radius 2 is 0.286 bits per heavy atom. The maximum Gasteiger partial charge on any atom is 1.00 e. The minimum Gasteiger partial charge on any atom is -0.550 e. The number of hydrogen-bond donors (Lipinski definition) is 14. The molecule has 126 heavy (non-hydrogen) atoms. The average molecular weight is 2000 g/mol. The predicted molar refractivity (Wildman–Crippen MR) is 400 cm³/mol. The Kier molecular flexibility index (Phi) is 67.8. The van der Waals surface area contributed by atoms with E-state index in [0.717, 1.165) is 82.3 Å². The molecule has 21 aliphatic heterocycles. The van der Waals surface area contributed by atoms with Crippen LogP contribution in [0.3, 0.4) is 0 Å². The topological polar surface area (TPSA) is 693 Å². The molecular formula is C70H105Na7O42S7. The molecule has 42 nitrogen and oxygen atoms in total. The van der Waals surface area contributed by atoms with Crippen LogP contribution in [0.5, 0.6) is 0 Å². The van der Waals surface area contributed by atoms with Gasteiger partial charge in [0.1, 0.15) is 128 Å². The molecule has 56 heteroatoms. The van der Waals surface area contributed by atoms with Crippen molar-refractivity contribution in [2.75, 3.05) is 80.5 Å². The normalized spacial score (nSPS) is 37.6. The van der Waals surface area contributed by atoms with Gasteiger partial charge in [-0.15, -0.1) is 0 Å². The number of carboxylic acid groups (broad SMARTS) is 7. The van der Waals surface area contributed by atoms with Gasteiger partial charge in [-0.25, -0.2) is 0 Å². The Morgan fingerprint density at radius 3 is 0.381 bits per heavy atom. The van der Waals surface area contributed by atoms with E-state index in [9.17, 15) is 141 Å². The molecular weight excluding hydrogens is 1900 g/mol. The van der Waals surface area contributed by atoms with Crippen molar-refractivity contribution in [3.63, 3.8) is 0 Å². The predicted octanol–water partition coefficient (Wildman–Crippen LogP) is -34.3. The van der Waals surface area contributed by atoms with Gasteiger partial charge < -0.3 is 207 Å². The number of thioether (sulfide) groups is 7. The molecule has 21 aliphatic rings. The minimum absolute atomic E-state index is 0. The summed E-state index contributed by atoms with van der Waals surface area (Å²) >= 11 is 7.13. The number of hydrogen-bond acceptors (Lipinski definition) is 49. The number of rotatable bonds is 42. The number of carbonyl (C=O) groups excluding carboxylic acids is 7. The molecule has 0 aromatic carbocycles. The Morgan fingerprint density at radius 1 is 0.183 bits per heavy atom. The van der Waals surface area contributed by atoms with Crippen molar-refractivity contribution >= 4 is 124 Å². The zero-order valence-electron chi connectivity index (χ0n) is 71.1. The third-order valence-electron chi connectivity index (χ3n) is 20.2. The van der Waals surface area contributed by atoms with Crippen molar-refractivity contribution in [3.05, 3.63) is 0 Å². The molecule has 35 atom stereocenters. The summed E-state index contributed by atoms with van der Waals surface area (Å²) in [7, 11) is 0. The van der Waals surface area contributed by atoms with E-state index in [-0.39, 0.29) is 332 Å². The number of aliphatic carboxylic acids is 7. The fraction of sp³-hybridized carbons (Fsp3) is 0.900. The molecule has 0 radical (unpaired) electrons. The zero-order chi connectivity index (χ0) is 86.9. The van der Waals surface area contributed by atoms with Crippen LogP contribution in [0.4, 0.5) is 0 Å². The molecule has 21 rings (SSSR count). The Hall–Kier alpha value is 4.62. The second-order valence-corrected chi connectivity index (χ2v) is 37.3. The summed E-state index contributed by atoms with van der Waals surface area (Å²) in [4.78, 5) is 80.4. The van der Waals surface area contributed by atoms with Gasteiger partial charge in [0.15, 0.2) is 44.0 Å². The number of carbonyl (C=O) groups is 7. The van der Waals surface area contributed by atoms with E-state index in [1.165, 1.54) is 0 Å². The van der Waals surface area contributed by atoms with Crippen LogP contribution < -0.4 is 243 Å². The standard InChI is InChI=1S/C70H112O42S7.7Na/c71-36(72)8-1-15-113-22-29-57-43(85)50(92)64(99-29)107-58-30(23-114-16-2-9-37(73)74)101-66(52(94)45(58)87)109-60-32(25-116-18-4-11-39(77)78)103-68(54(96)47(60)89)111-62-34(27-118-20-6-13-41(81)82)105-70(56(98)49(62)91)112-63-35(28-119-21-7-14-42(83)84)104-69(55(97)48(63)90)110-61-33(26-117-19-5-12-40(79)80)102-67(53(95)46(61)88)108-59-31(24-115-17-3-10-38(75)76)100-65(106-57)51(93)44(59)86;;;;;;;/h29-35,43-70,85-98H,1-28H2,(H,71,72)(H,73,74)(H,75,76)(H,77,78)(H,79,80)(H,81,82)(H,83,84);;;;;;;/q;7*+1/p-7/t29-,30-,31-,32-,33+,34+,35+,43-,44+,45+,46-,47-,48-,49-,50+,51-,52+,53-,54-,55-,56-,57-,58-,59-,60-,61-,62-,63-,64-,65-,66-,67-,68-,69-,70-;;;;;;;/m1......./s1. The van der Waals surface area contributed by atoms with E-state index < -0.39 is 302 Å². The summed E-state index contributed by atoms with van der Waals surface area (Å²) < 4.78 is 88.5. The monoisotopic (exact) mass is 2000 g/mol. The van der Waals surface area contributed by atoms with Gasteiger partial charge in [-0.1, -0.05) is 0 Å². The van der Waals surface area contributed by atoms with Crippen molar-refractivity contribution in [2.24, 2.45) is 0 Å². The van der Waals surface area contributed by atoms with Crippen LogP contribution in [0.15, 0.2) is 0 Å². The first kappa shape index (κ1) is 129. The first-order chi connectivity index (χ1) is 56.6. The number of aliphatic hydroxyl groups excluding tert-OH is 14. The number of aliphatic hydroxyl groups is 14. The maximum absolute atomic E-state index is 12.3. The van der Waals surface area contributed by atoms with Crippen molar-refractivity contribution in [1.82, 2.24) is 0 Å². The van der Waals surface area contributed by atoms with E-state index in [1.807, 2.05) is 0 Å². The molecule has 14 bridgehead atoms. The van der Waals surface area contributed by atoms with Gasteiger partial charge in [0.2, 0.25) is 0 Å². The molecule has 14 N–H and O–H groups in total. The average Bonchev–Trinajstić information content (AvgIpc) is 0.788. The van der Waals surface area contributed by atoms with Crippen LogP contribution in [0.25, 0.3) is 0 Å². The molecule has 0 aromatic rings. The summed E-state index contributed by atoms with van der Waals surface area (Å²) in [5, 5.41) is 251. The van der Waals surface area contributed by atoms with Crippen LogP contribution in [-0.2, 0) is 99.9 Å². The van der Waals surface area contributed by atoms with Crippen LogP contribution in [0, 0.1) is 0 Å². The van der Waals surface area contributed by atoms with Crippen molar-refractivity contribution in [3.8, 4) is 0 Å². The van der Waals surface area contributed by atoms with E-state index in [1.54, 1.807) is 0 Å². The first-order valence-electron chi connectivity index (χ1n) is 38.8. The summed E-state index contributed by atoms with van der Waals surface area (Å²) in [5.74, 6) is -11.2. The van der Waals surface area contributed by atoms with Gasteiger partial charge in [0.25, 0.3) is 0 Å². The smallest absolute Gasteiger partial charge is 0.550 e. The fourth-order valence-corrected chi connectivity index (χ4v) is 21.1. The zero-order valence-corrected chi connectivity index (χ0v) is 90.8. The Labute approximate surface area is 911 Å². The number of carboxylic acids is 7. The molecule has 686 valence electrons. The molecule has 0 unspecified atom stereocenters. The van der Waals surface area contributed by atoms with Crippen molar-refractivity contribution in [2.45, 2.75) is 305 Å². The summed E-state index contributed by atoms with van der Waals surface area (Å²) in [6.45, 7) is 0. The number of ether oxygens (including phenoxy) is 14. The van der Waals surface area contributed by atoms with E-state index in [2.05, 4.69) is 0 Å². The van der Waals surface area contributed by atoms with Crippen LogP contribution in [0.2, 0.25) is 0 Å². The first-order valence-corrected chi connectivity index (χ1v) is 46.9. The molecule has 21 fully saturated rings. The van der Waals surface area contributed by atoms with Gasteiger partial charge in [0, 0.05) is 82.1 Å². The summed E-state index contributed by atoms with van der Waals surface area (Å²) in [6, 6.07) is 0. The quantitative estimate of drug-likeness (QED) is 0.0199. The van der Waals surface area contributed by atoms with Crippen LogP contribution >= 0.6 is 82.3 Å². The summed E-state index contributed by atoms with van der Waals surface area (Å²) in [5.41, 5.74) is 0. The molecule has 0 aliphatic carbocycles. The van der Waals surface area contributed by atoms with Crippen LogP contribution in [-0.4, -0.2) is 409 Å². The summed E-state index contributed by atoms with van der Waals surface area (Å²) in [6.07, 6.45) is -72.1. The molecule has 0 amide bonds. The van der Waals surface area contributed by atoms with Gasteiger partial charge in [-0.3, -0.25) is 0 Å². The van der Waals surface area contributed by atoms with E-state index in [4.69, 9.17) is 66.3 Å². The second kappa shape index (κ2) is 66.5. The Balaban J connectivity index is 0.0000113. The van der Waals surface area contributed by atoms with Gasteiger partial charge >= 0.3 is 207 Å². The minimum atomic E-state index is -2.26. The third-order valence-corrected chi connectivity index (χ3v) is 28.2. The van der Waals surface area contributed by atoms with Gasteiger partial charge in [0.05, 0.1) is 42.7 Å². The van der Waals surface area contributed by atoms with Crippen molar-refractivity contribution < 1.29 is 414 Å². The molecule has 0 spiro atoms. The van der Waals surface area contributed by atoms with Gasteiger partial charge in [-0.2, -0.15) is 82.3 Å². The van der Waals surface area contributed by atoms with E-state index in [0.29, 0.717) is 0 Å². The van der Waals surface area contributed by atoms with Crippen LogP contribution in [0.1, 0.15) is 89.9 Å². The molecule has 0 saturated carbocycles. The van der Waals surface area contributed by atoms with Gasteiger partial charge in [-0.05, 0) is 130 Å². The largest absolute Gasteiger partial charge is 1.00 e. The third kappa shape index (κ3) is 40.1. The van der Waals surface area contributed by atoms with E-state index >= 15 is 0 Å². The second-order valence-electron chi connectivity index (χ2n) is 29.2. The molecule has 21 heterocycles. The molecule has 0 aromatic heterocycles. The SMILES string of the molecule is O=C([O-])CCCSC[C@@H]1O[C@@H]2O[C@H]3[C@H](O)[C@@H](O)[C@@H](O[C@H]4[C@@H](O)[C@@H](O)[C@@H](O[C@H]5[C@H](O)[C@H](O)[C@@H](O[C@H]6[C@@H](O)[C@H](O)[C@@H](O[C@H]7[C@H](O)[C@@H](O)[C@@H](O[C@H]8[C@H](O)[C@@H](O)[C@@H](O[C@H]1[C@H](O)[C@H]2O)O[C@H]8CSCCCC(=O)[O-])O[C@@H]7CSCCCC(=O)[O-])O[C@@H]6CSCCCC(=O)[O-])O[C@@H]5CSCCCC(=O)[O-])O[C@@H]4CSCCCC(=O)[O-])O[C@H]3CSCCCC(=O)[O-].[Na+].[Na+].[Na+].[Na+].[Na+].[Na+].[Na+]. The Bertz CT molecular complexity index is 2590. The maximum atomic E-state index is 12.3. The fourth-order valence-electron chi connectivity index (χ4n) is 14.0. The van der Waals surface area contributed by atoms with Crippen molar-refractivity contribution in [1.29, 1.82) is 0 Å². The molecule has 21 saturated heterocycles.